The molecule has 1 fully saturated rings. The Kier molecular flexibility index (Phi) is 6.26. The Hall–Kier alpha value is -4.31. The monoisotopic (exact) mass is 587 g/mol. The molecule has 3 aromatic carbocycles. The highest BCUT2D eigenvalue weighted by Crippen LogP contribution is 2.60. The molecular formula is C29H22BrN3O6. The summed E-state index contributed by atoms with van der Waals surface area (Å²) in [6, 6.07) is 22.2. The van der Waals surface area contributed by atoms with Crippen LogP contribution >= 0.6 is 15.9 Å². The van der Waals surface area contributed by atoms with E-state index in [0.717, 1.165) is 31.6 Å². The van der Waals surface area contributed by atoms with Gasteiger partial charge in [-0.2, -0.15) is 0 Å². The number of halogens is 1. The second kappa shape index (κ2) is 9.77. The molecule has 2 N–H and O–H groups in total. The topological polar surface area (TPSA) is 122 Å². The highest BCUT2D eigenvalue weighted by atomic mass is 79.9. The summed E-state index contributed by atoms with van der Waals surface area (Å²) in [4.78, 5) is 64.8. The van der Waals surface area contributed by atoms with E-state index >= 15 is 0 Å². The van der Waals surface area contributed by atoms with Crippen molar-refractivity contribution in [2.45, 2.75) is 11.8 Å². The van der Waals surface area contributed by atoms with E-state index in [4.69, 9.17) is 4.74 Å². The van der Waals surface area contributed by atoms with Crippen molar-refractivity contribution in [2.75, 3.05) is 13.2 Å². The summed E-state index contributed by atoms with van der Waals surface area (Å²) >= 11 is 3.27. The lowest BCUT2D eigenvalue weighted by atomic mass is 9.55. The Morgan fingerprint density at radius 1 is 0.744 bits per heavy atom. The average Bonchev–Trinajstić information content (AvgIpc) is 3.20. The van der Waals surface area contributed by atoms with Crippen LogP contribution in [0.4, 0.5) is 0 Å². The number of carbonyl (C=O) groups excluding carboxylic acids is 5. The molecule has 0 radical (unpaired) electrons. The fourth-order valence-electron chi connectivity index (χ4n) is 6.05. The number of nitrogens with one attached hydrogen (secondary N) is 2. The minimum atomic E-state index is -0.896. The average molecular weight is 588 g/mol. The molecule has 1 saturated heterocycles. The van der Waals surface area contributed by atoms with Crippen LogP contribution in [-0.4, -0.2) is 47.6 Å². The van der Waals surface area contributed by atoms with E-state index in [0.29, 0.717) is 5.56 Å². The molecule has 4 amide bonds. The van der Waals surface area contributed by atoms with Gasteiger partial charge in [-0.05, 0) is 46.5 Å². The number of ether oxygens (including phenoxy) is 1. The fraction of sp³-hybridized carbons (Fsp3) is 0.207. The predicted octanol–water partition coefficient (Wildman–Crippen LogP) is 2.65. The molecule has 3 aliphatic carbocycles. The number of rotatable bonds is 5. The lowest BCUT2D eigenvalue weighted by molar-refractivity contribution is -0.155. The van der Waals surface area contributed by atoms with Gasteiger partial charge < -0.3 is 4.74 Å². The number of benzene rings is 3. The summed E-state index contributed by atoms with van der Waals surface area (Å²) in [5, 5.41) is 0. The molecule has 10 heteroatoms. The first-order valence-corrected chi connectivity index (χ1v) is 13.2. The van der Waals surface area contributed by atoms with Gasteiger partial charge in [0.25, 0.3) is 11.8 Å². The van der Waals surface area contributed by atoms with Crippen LogP contribution in [0.15, 0.2) is 77.3 Å². The summed E-state index contributed by atoms with van der Waals surface area (Å²) in [5.41, 5.74) is 8.87. The Labute approximate surface area is 231 Å². The molecule has 0 saturated carbocycles. The Morgan fingerprint density at radius 2 is 1.23 bits per heavy atom. The molecule has 4 aliphatic rings. The molecule has 0 spiro atoms. The maximum absolute atomic E-state index is 13.5. The van der Waals surface area contributed by atoms with Gasteiger partial charge in [-0.1, -0.05) is 64.5 Å². The SMILES string of the molecule is O=C(COC(=O)CN1C(=O)[C@H]2C3c4ccccc4C(c4ccccc43)[C@@H]2C1=O)NNC(=O)c1ccc(Br)cc1. The van der Waals surface area contributed by atoms with Crippen molar-refractivity contribution < 1.29 is 28.7 Å². The summed E-state index contributed by atoms with van der Waals surface area (Å²) in [5.74, 6) is -4.78. The number of imide groups is 1. The summed E-state index contributed by atoms with van der Waals surface area (Å²) in [7, 11) is 0. The van der Waals surface area contributed by atoms with Crippen molar-refractivity contribution in [3.63, 3.8) is 0 Å². The molecular weight excluding hydrogens is 566 g/mol. The van der Waals surface area contributed by atoms with Crippen LogP contribution in [-0.2, 0) is 23.9 Å². The van der Waals surface area contributed by atoms with Gasteiger partial charge in [0.1, 0.15) is 6.54 Å². The van der Waals surface area contributed by atoms with E-state index in [1.807, 2.05) is 48.5 Å². The quantitative estimate of drug-likeness (QED) is 0.269. The third-order valence-electron chi connectivity index (χ3n) is 7.61. The number of hydrogen-bond donors (Lipinski definition) is 2. The molecule has 0 aromatic heterocycles. The molecule has 1 heterocycles. The molecule has 2 atom stereocenters. The van der Waals surface area contributed by atoms with Crippen molar-refractivity contribution in [1.29, 1.82) is 0 Å². The first-order chi connectivity index (χ1) is 18.8. The number of carbonyl (C=O) groups is 5. The maximum atomic E-state index is 13.5. The van der Waals surface area contributed by atoms with Crippen molar-refractivity contribution >= 4 is 45.5 Å². The smallest absolute Gasteiger partial charge is 0.326 e. The largest absolute Gasteiger partial charge is 0.454 e. The van der Waals surface area contributed by atoms with Gasteiger partial charge in [-0.3, -0.25) is 39.7 Å². The standard InChI is InChI=1S/C29H22BrN3O6/c30-16-11-9-15(10-12-16)27(36)32-31-21(34)14-39-22(35)13-33-28(37)25-23-17-5-1-2-6-18(17)24(26(25)29(33)38)20-8-4-3-7-19(20)23/h1-12,23-26H,13-14H2,(H,31,34)(H,32,36)/t23?,24?,25-,26-/m0/s1. The lowest BCUT2D eigenvalue weighted by Gasteiger charge is -2.45. The van der Waals surface area contributed by atoms with Gasteiger partial charge in [0, 0.05) is 21.9 Å². The number of likely N-dealkylation sites (tertiary alicyclic amines) is 1. The minimum absolute atomic E-state index is 0.273. The summed E-state index contributed by atoms with van der Waals surface area (Å²) < 4.78 is 5.81. The third kappa shape index (κ3) is 4.21. The van der Waals surface area contributed by atoms with Crippen molar-refractivity contribution in [1.82, 2.24) is 15.8 Å². The van der Waals surface area contributed by atoms with Crippen LogP contribution in [0.3, 0.4) is 0 Å². The first-order valence-electron chi connectivity index (χ1n) is 12.4. The number of nitrogens with zero attached hydrogens (tertiary/aromatic N) is 1. The Morgan fingerprint density at radius 3 is 1.72 bits per heavy atom. The lowest BCUT2D eigenvalue weighted by Crippen LogP contribution is -2.44. The maximum Gasteiger partial charge on any atom is 0.326 e. The van der Waals surface area contributed by atoms with Crippen LogP contribution in [0.25, 0.3) is 0 Å². The second-order valence-electron chi connectivity index (χ2n) is 9.70. The zero-order valence-electron chi connectivity index (χ0n) is 20.4. The van der Waals surface area contributed by atoms with Crippen molar-refractivity contribution in [2.24, 2.45) is 11.8 Å². The Bertz CT molecular complexity index is 1420. The molecule has 7 rings (SSSR count). The second-order valence-corrected chi connectivity index (χ2v) is 10.6. The molecule has 39 heavy (non-hydrogen) atoms. The van der Waals surface area contributed by atoms with E-state index in [1.165, 1.54) is 0 Å². The number of amides is 4. The highest BCUT2D eigenvalue weighted by Gasteiger charge is 2.61. The number of hydrogen-bond acceptors (Lipinski definition) is 6. The van der Waals surface area contributed by atoms with Gasteiger partial charge in [0.2, 0.25) is 11.8 Å². The molecule has 196 valence electrons. The zero-order chi connectivity index (χ0) is 27.3. The van der Waals surface area contributed by atoms with E-state index in [1.54, 1.807) is 24.3 Å². The number of esters is 1. The zero-order valence-corrected chi connectivity index (χ0v) is 22.0. The molecule has 3 aromatic rings. The van der Waals surface area contributed by atoms with Crippen LogP contribution in [0.5, 0.6) is 0 Å². The van der Waals surface area contributed by atoms with Crippen LogP contribution in [0.2, 0.25) is 0 Å². The first kappa shape index (κ1) is 25.0. The summed E-state index contributed by atoms with van der Waals surface area (Å²) in [6.07, 6.45) is 0. The van der Waals surface area contributed by atoms with E-state index in [2.05, 4.69) is 26.8 Å². The number of hydrazine groups is 1. The van der Waals surface area contributed by atoms with Crippen LogP contribution < -0.4 is 10.9 Å². The van der Waals surface area contributed by atoms with E-state index in [9.17, 15) is 24.0 Å². The van der Waals surface area contributed by atoms with Gasteiger partial charge in [0.05, 0.1) is 11.8 Å². The molecule has 9 nitrogen and oxygen atoms in total. The van der Waals surface area contributed by atoms with E-state index < -0.39 is 54.6 Å². The van der Waals surface area contributed by atoms with E-state index in [-0.39, 0.29) is 11.8 Å². The van der Waals surface area contributed by atoms with Gasteiger partial charge in [0.15, 0.2) is 6.61 Å². The molecule has 1 aliphatic heterocycles. The molecule has 0 unspecified atom stereocenters. The van der Waals surface area contributed by atoms with Crippen LogP contribution in [0.1, 0.15) is 44.4 Å². The highest BCUT2D eigenvalue weighted by molar-refractivity contribution is 9.10. The van der Waals surface area contributed by atoms with Gasteiger partial charge in [-0.15, -0.1) is 0 Å². The minimum Gasteiger partial charge on any atom is -0.454 e. The fourth-order valence-corrected chi connectivity index (χ4v) is 6.32. The summed E-state index contributed by atoms with van der Waals surface area (Å²) in [6.45, 7) is -1.28. The van der Waals surface area contributed by atoms with Gasteiger partial charge in [-0.25, -0.2) is 0 Å². The van der Waals surface area contributed by atoms with Crippen molar-refractivity contribution in [3.8, 4) is 0 Å². The van der Waals surface area contributed by atoms with Gasteiger partial charge >= 0.3 is 5.97 Å². The normalized spacial score (nSPS) is 22.0. The van der Waals surface area contributed by atoms with Crippen LogP contribution in [0, 0.1) is 11.8 Å². The third-order valence-corrected chi connectivity index (χ3v) is 8.14. The van der Waals surface area contributed by atoms with Crippen molar-refractivity contribution in [3.05, 3.63) is 105 Å². The Balaban J connectivity index is 1.10. The predicted molar refractivity (Wildman–Crippen MR) is 141 cm³/mol. The molecule has 2 bridgehead atoms.